The molecule has 0 aromatic heterocycles. The van der Waals surface area contributed by atoms with Gasteiger partial charge < -0.3 is 4.74 Å². The van der Waals surface area contributed by atoms with Crippen molar-refractivity contribution in [1.82, 2.24) is 0 Å². The summed E-state index contributed by atoms with van der Waals surface area (Å²) in [6.07, 6.45) is 5.50. The fourth-order valence-electron chi connectivity index (χ4n) is 1.68. The average Bonchev–Trinajstić information content (AvgIpc) is 2.53. The number of aliphatic imine (C=N–C) groups is 1. The van der Waals surface area contributed by atoms with E-state index in [0.717, 1.165) is 11.1 Å². The molecule has 0 amide bonds. The van der Waals surface area contributed by atoms with Crippen LogP contribution in [-0.2, 0) is 0 Å². The van der Waals surface area contributed by atoms with Gasteiger partial charge in [-0.1, -0.05) is 30.3 Å². The molecular weight excluding hydrogens is 246 g/mol. The lowest BCUT2D eigenvalue weighted by atomic mass is 10.1. The molecule has 0 atom stereocenters. The van der Waals surface area contributed by atoms with Gasteiger partial charge in [0.25, 0.3) is 0 Å². The van der Waals surface area contributed by atoms with Gasteiger partial charge in [0.1, 0.15) is 11.5 Å². The molecule has 0 heterocycles. The number of terminal acetylenes is 1. The normalized spacial score (nSPS) is 10.1. The van der Waals surface area contributed by atoms with Crippen LogP contribution in [0.5, 0.6) is 5.75 Å². The quantitative estimate of drug-likeness (QED) is 0.600. The van der Waals surface area contributed by atoms with Gasteiger partial charge in [-0.25, -0.2) is 0 Å². The summed E-state index contributed by atoms with van der Waals surface area (Å²) in [4.78, 5) is 4.16. The molecule has 2 rings (SSSR count). The second-order valence-corrected chi connectivity index (χ2v) is 3.91. The zero-order valence-electron chi connectivity index (χ0n) is 11.1. The van der Waals surface area contributed by atoms with Gasteiger partial charge in [0.05, 0.1) is 12.7 Å². The van der Waals surface area contributed by atoms with Gasteiger partial charge in [0, 0.05) is 11.6 Å². The number of benzene rings is 2. The van der Waals surface area contributed by atoms with E-state index in [1.165, 1.54) is 0 Å². The van der Waals surface area contributed by atoms with E-state index >= 15 is 0 Å². The van der Waals surface area contributed by atoms with Crippen molar-refractivity contribution >= 4 is 5.71 Å². The monoisotopic (exact) mass is 259 g/mol. The highest BCUT2D eigenvalue weighted by molar-refractivity contribution is 6.14. The Bertz CT molecular complexity index is 712. The summed E-state index contributed by atoms with van der Waals surface area (Å²) >= 11 is 0. The fraction of sp³-hybridized carbons (Fsp3) is 0.0556. The molecular formula is C18H13NO. The molecule has 0 aliphatic heterocycles. The maximum atomic E-state index is 5.50. The van der Waals surface area contributed by atoms with Crippen LogP contribution in [0.4, 0.5) is 0 Å². The Kier molecular flexibility index (Phi) is 4.60. The van der Waals surface area contributed by atoms with E-state index in [1.54, 1.807) is 7.11 Å². The van der Waals surface area contributed by atoms with Gasteiger partial charge in [-0.05, 0) is 36.1 Å². The molecule has 0 spiro atoms. The van der Waals surface area contributed by atoms with Crippen LogP contribution in [-0.4, -0.2) is 12.8 Å². The Balaban J connectivity index is 2.32. The lowest BCUT2D eigenvalue weighted by molar-refractivity contribution is 0.414. The minimum absolute atomic E-state index is 0.464. The molecule has 20 heavy (non-hydrogen) atoms. The van der Waals surface area contributed by atoms with Crippen molar-refractivity contribution in [2.24, 2.45) is 4.99 Å². The second-order valence-electron chi connectivity index (χ2n) is 3.91. The molecule has 2 aromatic rings. The predicted octanol–water partition coefficient (Wildman–Crippen LogP) is 3.13. The van der Waals surface area contributed by atoms with Crippen molar-refractivity contribution in [2.75, 3.05) is 7.11 Å². The third-order valence-corrected chi connectivity index (χ3v) is 2.64. The first-order valence-corrected chi connectivity index (χ1v) is 6.09. The summed E-state index contributed by atoms with van der Waals surface area (Å²) in [5.41, 5.74) is 2.12. The van der Waals surface area contributed by atoms with E-state index in [0.29, 0.717) is 11.5 Å². The van der Waals surface area contributed by atoms with E-state index < -0.39 is 0 Å². The van der Waals surface area contributed by atoms with Gasteiger partial charge >= 0.3 is 0 Å². The summed E-state index contributed by atoms with van der Waals surface area (Å²) in [7, 11) is 1.60. The van der Waals surface area contributed by atoms with Crippen LogP contribution in [0.2, 0.25) is 0 Å². The lowest BCUT2D eigenvalue weighted by Gasteiger charge is -2.05. The highest BCUT2D eigenvalue weighted by Crippen LogP contribution is 2.17. The third-order valence-electron chi connectivity index (χ3n) is 2.64. The highest BCUT2D eigenvalue weighted by atomic mass is 16.5. The van der Waals surface area contributed by atoms with Crippen molar-refractivity contribution in [3.63, 3.8) is 0 Å². The Morgan fingerprint density at radius 2 is 1.75 bits per heavy atom. The van der Waals surface area contributed by atoms with E-state index in [-0.39, 0.29) is 0 Å². The summed E-state index contributed by atoms with van der Waals surface area (Å²) in [6.45, 7) is 0. The zero-order chi connectivity index (χ0) is 14.2. The molecule has 2 aromatic carbocycles. The zero-order valence-corrected chi connectivity index (χ0v) is 11.1. The first-order chi connectivity index (χ1) is 9.85. The van der Waals surface area contributed by atoms with Gasteiger partial charge in [0.2, 0.25) is 0 Å². The minimum Gasteiger partial charge on any atom is -0.496 e. The van der Waals surface area contributed by atoms with Crippen molar-refractivity contribution < 1.29 is 4.74 Å². The molecule has 0 aliphatic rings. The number of ether oxygens (including phenoxy) is 1. The summed E-state index contributed by atoms with van der Waals surface area (Å²) < 4.78 is 5.27. The number of methoxy groups -OCH3 is 1. The summed E-state index contributed by atoms with van der Waals surface area (Å²) in [6, 6.07) is 19.8. The topological polar surface area (TPSA) is 21.6 Å². The van der Waals surface area contributed by atoms with Crippen LogP contribution in [0.1, 0.15) is 11.1 Å². The largest absolute Gasteiger partial charge is 0.496 e. The molecule has 0 aliphatic carbocycles. The molecule has 0 bridgehead atoms. The van der Waals surface area contributed by atoms with Gasteiger partial charge in [0.15, 0.2) is 0 Å². The summed E-state index contributed by atoms with van der Waals surface area (Å²) in [5, 5.41) is 0. The number of nitrogens with zero attached hydrogens (tertiary/aromatic N) is 1. The fourth-order valence-corrected chi connectivity index (χ4v) is 1.68. The van der Waals surface area contributed by atoms with Crippen LogP contribution in [0.3, 0.4) is 0 Å². The van der Waals surface area contributed by atoms with Gasteiger partial charge in [-0.2, -0.15) is 4.99 Å². The molecule has 0 radical (unpaired) electrons. The number of rotatable bonds is 2. The predicted molar refractivity (Wildman–Crippen MR) is 81.7 cm³/mol. The Labute approximate surface area is 119 Å². The first-order valence-electron chi connectivity index (χ1n) is 6.09. The number of para-hydroxylation sites is 1. The standard InChI is InChI=1S/C18H13NO/c1-3-17(16-11-7-8-12-18(16)20-2)19-14-13-15-9-5-4-6-10-15/h1,4-12H,2H3. The van der Waals surface area contributed by atoms with Crippen molar-refractivity contribution in [2.45, 2.75) is 0 Å². The molecule has 0 N–H and O–H groups in total. The molecule has 0 fully saturated rings. The van der Waals surface area contributed by atoms with Crippen molar-refractivity contribution in [3.05, 3.63) is 65.7 Å². The Morgan fingerprint density at radius 1 is 1.05 bits per heavy atom. The molecule has 96 valence electrons. The average molecular weight is 259 g/mol. The van der Waals surface area contributed by atoms with Gasteiger partial charge in [-0.15, -0.1) is 6.42 Å². The lowest BCUT2D eigenvalue weighted by Crippen LogP contribution is -2.00. The van der Waals surface area contributed by atoms with Crippen LogP contribution < -0.4 is 4.74 Å². The van der Waals surface area contributed by atoms with Gasteiger partial charge in [-0.3, -0.25) is 0 Å². The maximum absolute atomic E-state index is 5.50. The molecule has 0 saturated carbocycles. The van der Waals surface area contributed by atoms with Crippen molar-refractivity contribution in [3.8, 4) is 30.1 Å². The molecule has 2 heteroatoms. The van der Waals surface area contributed by atoms with E-state index in [2.05, 4.69) is 22.9 Å². The maximum Gasteiger partial charge on any atom is 0.134 e. The van der Waals surface area contributed by atoms with Crippen LogP contribution in [0.25, 0.3) is 0 Å². The number of hydrogen-bond acceptors (Lipinski definition) is 2. The Morgan fingerprint density at radius 3 is 2.45 bits per heavy atom. The second kappa shape index (κ2) is 6.83. The first kappa shape index (κ1) is 13.5. The van der Waals surface area contributed by atoms with E-state index in [1.807, 2.05) is 54.6 Å². The van der Waals surface area contributed by atoms with Crippen LogP contribution in [0, 0.1) is 24.3 Å². The summed E-state index contributed by atoms with van der Waals surface area (Å²) in [5.74, 6) is 6.18. The van der Waals surface area contributed by atoms with E-state index in [9.17, 15) is 0 Å². The smallest absolute Gasteiger partial charge is 0.134 e. The molecule has 0 saturated heterocycles. The molecule has 2 nitrogen and oxygen atoms in total. The highest BCUT2D eigenvalue weighted by Gasteiger charge is 2.06. The Hall–Kier alpha value is -2.97. The number of hydrogen-bond donors (Lipinski definition) is 0. The van der Waals surface area contributed by atoms with Crippen molar-refractivity contribution in [1.29, 1.82) is 0 Å². The third kappa shape index (κ3) is 3.28. The minimum atomic E-state index is 0.464. The molecule has 0 unspecified atom stereocenters. The van der Waals surface area contributed by atoms with Crippen LogP contribution >= 0.6 is 0 Å². The SMILES string of the molecule is C#CC(=NC#Cc1ccccc1)c1ccccc1OC. The van der Waals surface area contributed by atoms with E-state index in [4.69, 9.17) is 11.2 Å². The van der Waals surface area contributed by atoms with Crippen LogP contribution in [0.15, 0.2) is 59.6 Å².